The molecule has 0 aromatic heterocycles. The maximum absolute atomic E-state index is 6.15. The molecule has 8 rings (SSSR count). The van der Waals surface area contributed by atoms with Crippen molar-refractivity contribution in [1.82, 2.24) is 0 Å². The van der Waals surface area contributed by atoms with E-state index in [1.165, 1.54) is 43.4 Å². The van der Waals surface area contributed by atoms with Gasteiger partial charge in [0.05, 0.1) is 0 Å². The lowest BCUT2D eigenvalue weighted by Crippen LogP contribution is -1.98. The van der Waals surface area contributed by atoms with Gasteiger partial charge in [-0.3, -0.25) is 0 Å². The van der Waals surface area contributed by atoms with Crippen molar-refractivity contribution in [1.29, 1.82) is 0 Å². The van der Waals surface area contributed by atoms with Crippen LogP contribution in [0.15, 0.2) is 121 Å². The quantitative estimate of drug-likeness (QED) is 0.239. The van der Waals surface area contributed by atoms with E-state index in [-0.39, 0.29) is 0 Å². The van der Waals surface area contributed by atoms with Crippen LogP contribution in [-0.4, -0.2) is 0 Å². The fourth-order valence-corrected chi connectivity index (χ4v) is 5.56. The number of rotatable bonds is 2. The molecule has 1 aliphatic heterocycles. The molecule has 0 bridgehead atoms. The smallest absolute Gasteiger partial charge is 0.170 e. The normalized spacial score (nSPS) is 12.3. The SMILES string of the molecule is c1cc(-c2ccc3c(c2)Oc2ccccc2O3)cc(-c2ccc3ccc4cccc5ccc2c3c45)c1. The fraction of sp³-hybridized carbons (Fsp3) is 0. The first-order valence-corrected chi connectivity index (χ1v) is 12.2. The van der Waals surface area contributed by atoms with Crippen molar-refractivity contribution < 1.29 is 9.47 Å². The Kier molecular flexibility index (Phi) is 3.97. The van der Waals surface area contributed by atoms with E-state index >= 15 is 0 Å². The molecule has 0 spiro atoms. The van der Waals surface area contributed by atoms with Crippen LogP contribution in [0.25, 0.3) is 54.6 Å². The van der Waals surface area contributed by atoms with Gasteiger partial charge in [0.2, 0.25) is 0 Å². The molecule has 0 saturated heterocycles. The molecule has 0 aliphatic carbocycles. The highest BCUT2D eigenvalue weighted by molar-refractivity contribution is 6.25. The molecule has 2 heteroatoms. The molecular formula is C34H20O2. The van der Waals surface area contributed by atoms with Crippen LogP contribution < -0.4 is 9.47 Å². The van der Waals surface area contributed by atoms with Crippen LogP contribution in [0.1, 0.15) is 0 Å². The Morgan fingerprint density at radius 1 is 0.361 bits per heavy atom. The predicted molar refractivity (Wildman–Crippen MR) is 148 cm³/mol. The molecule has 1 heterocycles. The second-order valence-corrected chi connectivity index (χ2v) is 9.36. The number of fused-ring (bicyclic) bond motifs is 2. The summed E-state index contributed by atoms with van der Waals surface area (Å²) < 4.78 is 12.2. The molecule has 2 nitrogen and oxygen atoms in total. The maximum atomic E-state index is 6.15. The first-order valence-electron chi connectivity index (χ1n) is 12.2. The van der Waals surface area contributed by atoms with E-state index in [0.717, 1.165) is 34.1 Å². The minimum atomic E-state index is 0.735. The van der Waals surface area contributed by atoms with Gasteiger partial charge in [0.1, 0.15) is 0 Å². The van der Waals surface area contributed by atoms with Gasteiger partial charge in [0.15, 0.2) is 23.0 Å². The minimum absolute atomic E-state index is 0.735. The van der Waals surface area contributed by atoms with Gasteiger partial charge in [-0.2, -0.15) is 0 Å². The van der Waals surface area contributed by atoms with Crippen molar-refractivity contribution in [2.24, 2.45) is 0 Å². The van der Waals surface area contributed by atoms with Gasteiger partial charge in [-0.05, 0) is 84.9 Å². The number of ether oxygens (including phenoxy) is 2. The Hall–Kier alpha value is -4.82. The molecule has 7 aromatic rings. The third kappa shape index (κ3) is 2.85. The van der Waals surface area contributed by atoms with Crippen LogP contribution in [0.4, 0.5) is 0 Å². The van der Waals surface area contributed by atoms with E-state index < -0.39 is 0 Å². The van der Waals surface area contributed by atoms with E-state index in [0.29, 0.717) is 0 Å². The van der Waals surface area contributed by atoms with Crippen LogP contribution in [0.5, 0.6) is 23.0 Å². The number of benzene rings is 7. The van der Waals surface area contributed by atoms with Gasteiger partial charge in [-0.1, -0.05) is 91.0 Å². The molecule has 0 fully saturated rings. The maximum Gasteiger partial charge on any atom is 0.170 e. The average Bonchev–Trinajstić information content (AvgIpc) is 2.94. The van der Waals surface area contributed by atoms with Gasteiger partial charge < -0.3 is 9.47 Å². The molecule has 0 saturated carbocycles. The second kappa shape index (κ2) is 7.34. The van der Waals surface area contributed by atoms with Crippen LogP contribution in [0, 0.1) is 0 Å². The molecule has 0 atom stereocenters. The Bertz CT molecular complexity index is 1930. The average molecular weight is 461 g/mol. The minimum Gasteiger partial charge on any atom is -0.450 e. The van der Waals surface area contributed by atoms with Gasteiger partial charge in [0.25, 0.3) is 0 Å². The summed E-state index contributed by atoms with van der Waals surface area (Å²) in [5, 5.41) is 7.82. The number of hydrogen-bond donors (Lipinski definition) is 0. The van der Waals surface area contributed by atoms with Gasteiger partial charge in [0, 0.05) is 0 Å². The highest BCUT2D eigenvalue weighted by atomic mass is 16.6. The molecule has 0 unspecified atom stereocenters. The lowest BCUT2D eigenvalue weighted by Gasteiger charge is -2.21. The Morgan fingerprint density at radius 3 is 1.81 bits per heavy atom. The van der Waals surface area contributed by atoms with E-state index in [1.54, 1.807) is 0 Å². The zero-order valence-corrected chi connectivity index (χ0v) is 19.4. The summed E-state index contributed by atoms with van der Waals surface area (Å²) >= 11 is 0. The van der Waals surface area contributed by atoms with E-state index in [9.17, 15) is 0 Å². The summed E-state index contributed by atoms with van der Waals surface area (Å²) in [4.78, 5) is 0. The molecule has 0 amide bonds. The van der Waals surface area contributed by atoms with Crippen molar-refractivity contribution in [3.63, 3.8) is 0 Å². The monoisotopic (exact) mass is 460 g/mol. The number of hydrogen-bond acceptors (Lipinski definition) is 2. The third-order valence-electron chi connectivity index (χ3n) is 7.27. The van der Waals surface area contributed by atoms with E-state index in [1.807, 2.05) is 30.3 Å². The summed E-state index contributed by atoms with van der Waals surface area (Å²) in [5.74, 6) is 2.96. The van der Waals surface area contributed by atoms with Gasteiger partial charge >= 0.3 is 0 Å². The molecular weight excluding hydrogens is 440 g/mol. The zero-order chi connectivity index (χ0) is 23.6. The summed E-state index contributed by atoms with van der Waals surface area (Å²) in [6.45, 7) is 0. The van der Waals surface area contributed by atoms with E-state index in [4.69, 9.17) is 9.47 Å². The molecule has 0 radical (unpaired) electrons. The molecule has 36 heavy (non-hydrogen) atoms. The molecule has 7 aromatic carbocycles. The van der Waals surface area contributed by atoms with Crippen molar-refractivity contribution in [2.75, 3.05) is 0 Å². The zero-order valence-electron chi connectivity index (χ0n) is 19.4. The number of para-hydroxylation sites is 2. The Morgan fingerprint density at radius 2 is 0.972 bits per heavy atom. The van der Waals surface area contributed by atoms with Crippen molar-refractivity contribution in [2.45, 2.75) is 0 Å². The highest BCUT2D eigenvalue weighted by Gasteiger charge is 2.19. The Labute approximate surface area is 208 Å². The first kappa shape index (κ1) is 19.5. The third-order valence-corrected chi connectivity index (χ3v) is 7.27. The summed E-state index contributed by atoms with van der Waals surface area (Å²) in [6.07, 6.45) is 0. The summed E-state index contributed by atoms with van der Waals surface area (Å²) in [5.41, 5.74) is 4.68. The van der Waals surface area contributed by atoms with Crippen LogP contribution >= 0.6 is 0 Å². The van der Waals surface area contributed by atoms with Crippen molar-refractivity contribution in [3.8, 4) is 45.3 Å². The molecule has 1 aliphatic rings. The highest BCUT2D eigenvalue weighted by Crippen LogP contribution is 2.46. The topological polar surface area (TPSA) is 18.5 Å². The van der Waals surface area contributed by atoms with Crippen molar-refractivity contribution in [3.05, 3.63) is 121 Å². The van der Waals surface area contributed by atoms with Gasteiger partial charge in [-0.15, -0.1) is 0 Å². The summed E-state index contributed by atoms with van der Waals surface area (Å²) in [6, 6.07) is 42.7. The summed E-state index contributed by atoms with van der Waals surface area (Å²) in [7, 11) is 0. The standard InChI is InChI=1S/C34H20O2/c1-2-10-30-29(9-1)35-31-18-15-25(20-32(31)36-30)24-7-4-8-26(19-24)27-16-13-23-12-11-21-5-3-6-22-14-17-28(27)34(23)33(21)22/h1-20H. The molecule has 0 N–H and O–H groups in total. The lowest BCUT2D eigenvalue weighted by atomic mass is 9.89. The van der Waals surface area contributed by atoms with Crippen LogP contribution in [0.3, 0.4) is 0 Å². The van der Waals surface area contributed by atoms with Crippen LogP contribution in [-0.2, 0) is 0 Å². The lowest BCUT2D eigenvalue weighted by molar-refractivity contribution is 0.360. The molecule has 168 valence electrons. The first-order chi connectivity index (χ1) is 17.8. The second-order valence-electron chi connectivity index (χ2n) is 9.36. The largest absolute Gasteiger partial charge is 0.450 e. The van der Waals surface area contributed by atoms with Crippen molar-refractivity contribution >= 4 is 32.3 Å². The van der Waals surface area contributed by atoms with Crippen LogP contribution in [0.2, 0.25) is 0 Å². The van der Waals surface area contributed by atoms with E-state index in [2.05, 4.69) is 91.0 Å². The Balaban J connectivity index is 1.26. The fourth-order valence-electron chi connectivity index (χ4n) is 5.56. The van der Waals surface area contributed by atoms with Gasteiger partial charge in [-0.25, -0.2) is 0 Å². The predicted octanol–water partition coefficient (Wildman–Crippen LogP) is 9.82.